The summed E-state index contributed by atoms with van der Waals surface area (Å²) in [5.41, 5.74) is 0. The molecule has 15 heavy (non-hydrogen) atoms. The maximum absolute atomic E-state index is 4.22. The van der Waals surface area contributed by atoms with E-state index in [1.807, 2.05) is 0 Å². The predicted molar refractivity (Wildman–Crippen MR) is 74.3 cm³/mol. The first-order valence-corrected chi connectivity index (χ1v) is 6.83. The van der Waals surface area contributed by atoms with Gasteiger partial charge in [0.05, 0.1) is 0 Å². The van der Waals surface area contributed by atoms with E-state index in [4.69, 9.17) is 0 Å². The Balaban J connectivity index is 0.00000196. The summed E-state index contributed by atoms with van der Waals surface area (Å²) in [5.74, 6) is 2.87. The molecule has 1 rings (SSSR count). The van der Waals surface area contributed by atoms with Gasteiger partial charge in [-0.2, -0.15) is 12.6 Å². The molecule has 1 atom stereocenters. The maximum atomic E-state index is 4.22. The summed E-state index contributed by atoms with van der Waals surface area (Å²) in [6.45, 7) is 4.61. The molecule has 0 radical (unpaired) electrons. The molecule has 0 bridgehead atoms. The van der Waals surface area contributed by atoms with E-state index in [9.17, 15) is 0 Å². The molecule has 0 saturated heterocycles. The second-order valence-electron chi connectivity index (χ2n) is 4.49. The Kier molecular flexibility index (Phi) is 10.2. The van der Waals surface area contributed by atoms with Crippen LogP contribution in [0.25, 0.3) is 0 Å². The van der Waals surface area contributed by atoms with Crippen LogP contribution in [-0.2, 0) is 0 Å². The van der Waals surface area contributed by atoms with Crippen LogP contribution in [0.2, 0.25) is 0 Å². The van der Waals surface area contributed by atoms with E-state index < -0.39 is 0 Å². The zero-order chi connectivity index (χ0) is 10.2. The van der Waals surface area contributed by atoms with E-state index in [1.54, 1.807) is 0 Å². The van der Waals surface area contributed by atoms with E-state index >= 15 is 0 Å². The monoisotopic (exact) mass is 251 g/mol. The van der Waals surface area contributed by atoms with E-state index in [0.29, 0.717) is 0 Å². The zero-order valence-corrected chi connectivity index (χ0v) is 11.6. The molecule has 0 heterocycles. The first kappa shape index (κ1) is 15.6. The highest BCUT2D eigenvalue weighted by molar-refractivity contribution is 7.80. The molecule has 1 N–H and O–H groups in total. The molecule has 0 spiro atoms. The van der Waals surface area contributed by atoms with Crippen LogP contribution in [0.5, 0.6) is 0 Å². The number of hydrogen-bond donors (Lipinski definition) is 2. The molecule has 1 aliphatic rings. The Morgan fingerprint density at radius 2 is 1.93 bits per heavy atom. The Hall–Kier alpha value is 0.600. The van der Waals surface area contributed by atoms with Gasteiger partial charge < -0.3 is 5.32 Å². The summed E-state index contributed by atoms with van der Waals surface area (Å²) >= 11 is 4.22. The standard InChI is InChI=1S/C12H25NS.ClH/c1-2-11(10-13-8-9-14)12-6-4-3-5-7-12;/h11-14H,2-10H2,1H3;1H. The first-order chi connectivity index (χ1) is 6.88. The molecule has 3 heteroatoms. The molecule has 1 unspecified atom stereocenters. The second-order valence-corrected chi connectivity index (χ2v) is 4.94. The number of hydrogen-bond acceptors (Lipinski definition) is 2. The van der Waals surface area contributed by atoms with Crippen LogP contribution in [0.4, 0.5) is 0 Å². The number of rotatable bonds is 6. The van der Waals surface area contributed by atoms with E-state index in [-0.39, 0.29) is 12.4 Å². The highest BCUT2D eigenvalue weighted by Crippen LogP contribution is 2.31. The van der Waals surface area contributed by atoms with Crippen molar-refractivity contribution in [2.75, 3.05) is 18.8 Å². The molecule has 1 fully saturated rings. The summed E-state index contributed by atoms with van der Waals surface area (Å²) in [4.78, 5) is 0. The van der Waals surface area contributed by atoms with Crippen LogP contribution in [0.15, 0.2) is 0 Å². The van der Waals surface area contributed by atoms with Crippen molar-refractivity contribution >= 4 is 25.0 Å². The minimum Gasteiger partial charge on any atom is -0.316 e. The van der Waals surface area contributed by atoms with Crippen molar-refractivity contribution in [3.8, 4) is 0 Å². The van der Waals surface area contributed by atoms with Gasteiger partial charge >= 0.3 is 0 Å². The predicted octanol–water partition coefficient (Wildman–Crippen LogP) is 3.53. The van der Waals surface area contributed by atoms with Gasteiger partial charge in [0, 0.05) is 12.3 Å². The number of nitrogens with one attached hydrogen (secondary N) is 1. The normalized spacial score (nSPS) is 19.6. The molecule has 0 aromatic carbocycles. The van der Waals surface area contributed by atoms with Gasteiger partial charge in [0.25, 0.3) is 0 Å². The fourth-order valence-corrected chi connectivity index (χ4v) is 2.77. The third kappa shape index (κ3) is 6.03. The highest BCUT2D eigenvalue weighted by Gasteiger charge is 2.21. The topological polar surface area (TPSA) is 12.0 Å². The van der Waals surface area contributed by atoms with Crippen LogP contribution in [0.1, 0.15) is 45.4 Å². The summed E-state index contributed by atoms with van der Waals surface area (Å²) < 4.78 is 0. The Morgan fingerprint density at radius 3 is 2.47 bits per heavy atom. The van der Waals surface area contributed by atoms with Crippen molar-refractivity contribution in [2.24, 2.45) is 11.8 Å². The van der Waals surface area contributed by atoms with Crippen molar-refractivity contribution in [3.05, 3.63) is 0 Å². The molecule has 0 aromatic heterocycles. The Labute approximate surface area is 107 Å². The molecular formula is C12H26ClNS. The van der Waals surface area contributed by atoms with Gasteiger partial charge in [-0.05, 0) is 18.4 Å². The molecule has 1 nitrogen and oxygen atoms in total. The molecule has 0 aliphatic heterocycles. The molecule has 0 amide bonds. The van der Waals surface area contributed by atoms with Gasteiger partial charge in [-0.25, -0.2) is 0 Å². The lowest BCUT2D eigenvalue weighted by atomic mass is 9.79. The van der Waals surface area contributed by atoms with Crippen molar-refractivity contribution in [2.45, 2.75) is 45.4 Å². The largest absolute Gasteiger partial charge is 0.316 e. The fraction of sp³-hybridized carbons (Fsp3) is 1.00. The third-order valence-electron chi connectivity index (χ3n) is 3.54. The van der Waals surface area contributed by atoms with Crippen LogP contribution in [-0.4, -0.2) is 18.8 Å². The minimum atomic E-state index is 0. The van der Waals surface area contributed by atoms with Crippen LogP contribution >= 0.6 is 25.0 Å². The Bertz CT molecular complexity index is 138. The van der Waals surface area contributed by atoms with Gasteiger partial charge in [-0.1, -0.05) is 45.4 Å². The van der Waals surface area contributed by atoms with E-state index in [0.717, 1.165) is 24.1 Å². The van der Waals surface area contributed by atoms with E-state index in [2.05, 4.69) is 24.9 Å². The minimum absolute atomic E-state index is 0. The summed E-state index contributed by atoms with van der Waals surface area (Å²) in [5, 5.41) is 3.51. The highest BCUT2D eigenvalue weighted by atomic mass is 35.5. The number of thiol groups is 1. The molecule has 1 aliphatic carbocycles. The summed E-state index contributed by atoms with van der Waals surface area (Å²) in [6, 6.07) is 0. The smallest absolute Gasteiger partial charge is 0.00398 e. The van der Waals surface area contributed by atoms with Gasteiger partial charge in [0.15, 0.2) is 0 Å². The lowest BCUT2D eigenvalue weighted by molar-refractivity contribution is 0.236. The SMILES string of the molecule is CCC(CNCCS)C1CCCCC1.Cl. The maximum Gasteiger partial charge on any atom is 0.00398 e. The van der Waals surface area contributed by atoms with Crippen molar-refractivity contribution in [3.63, 3.8) is 0 Å². The van der Waals surface area contributed by atoms with E-state index in [1.165, 1.54) is 45.1 Å². The second kappa shape index (κ2) is 9.80. The number of halogens is 1. The molecule has 0 aromatic rings. The van der Waals surface area contributed by atoms with Crippen molar-refractivity contribution < 1.29 is 0 Å². The Morgan fingerprint density at radius 1 is 1.27 bits per heavy atom. The average molecular weight is 252 g/mol. The van der Waals surface area contributed by atoms with Gasteiger partial charge in [0.2, 0.25) is 0 Å². The van der Waals surface area contributed by atoms with Crippen LogP contribution in [0.3, 0.4) is 0 Å². The molecule has 92 valence electrons. The van der Waals surface area contributed by atoms with Gasteiger partial charge in [0.1, 0.15) is 0 Å². The van der Waals surface area contributed by atoms with Crippen LogP contribution < -0.4 is 5.32 Å². The first-order valence-electron chi connectivity index (χ1n) is 6.20. The third-order valence-corrected chi connectivity index (χ3v) is 3.76. The van der Waals surface area contributed by atoms with Crippen LogP contribution in [0, 0.1) is 11.8 Å². The fourth-order valence-electron chi connectivity index (χ4n) is 2.62. The molecular weight excluding hydrogens is 226 g/mol. The summed E-state index contributed by atoms with van der Waals surface area (Å²) in [6.07, 6.45) is 8.69. The average Bonchev–Trinajstić information content (AvgIpc) is 2.26. The lowest BCUT2D eigenvalue weighted by Crippen LogP contribution is -2.30. The van der Waals surface area contributed by atoms with Crippen molar-refractivity contribution in [1.82, 2.24) is 5.32 Å². The quantitative estimate of drug-likeness (QED) is 0.544. The van der Waals surface area contributed by atoms with Gasteiger partial charge in [-0.3, -0.25) is 0 Å². The van der Waals surface area contributed by atoms with Crippen molar-refractivity contribution in [1.29, 1.82) is 0 Å². The zero-order valence-electron chi connectivity index (χ0n) is 9.87. The summed E-state index contributed by atoms with van der Waals surface area (Å²) in [7, 11) is 0. The lowest BCUT2D eigenvalue weighted by Gasteiger charge is -2.29. The molecule has 1 saturated carbocycles. The van der Waals surface area contributed by atoms with Gasteiger partial charge in [-0.15, -0.1) is 12.4 Å².